The molecule has 0 rings (SSSR count). The Morgan fingerprint density at radius 2 is 2.09 bits per heavy atom. The lowest BCUT2D eigenvalue weighted by Gasteiger charge is -2.03. The summed E-state index contributed by atoms with van der Waals surface area (Å²) in [5.74, 6) is 0.834. The van der Waals surface area contributed by atoms with E-state index >= 15 is 0 Å². The van der Waals surface area contributed by atoms with Gasteiger partial charge in [-0.2, -0.15) is 0 Å². The molecule has 0 aromatic heterocycles. The van der Waals surface area contributed by atoms with Crippen LogP contribution in [0.5, 0.6) is 0 Å². The van der Waals surface area contributed by atoms with Crippen molar-refractivity contribution in [2.24, 2.45) is 11.7 Å². The lowest BCUT2D eigenvalue weighted by molar-refractivity contribution is 0.554. The van der Waals surface area contributed by atoms with Crippen LogP contribution in [0, 0.1) is 5.92 Å². The number of nitrogens with two attached hydrogens (primary N) is 1. The van der Waals surface area contributed by atoms with Crippen molar-refractivity contribution in [1.82, 2.24) is 0 Å². The monoisotopic (exact) mass is 155 g/mol. The molecule has 1 nitrogen and oxygen atoms in total. The smallest absolute Gasteiger partial charge is 0.0109 e. The third-order valence-corrected chi connectivity index (χ3v) is 1.82. The SMILES string of the molecule is C/C(=C\CN)CCCC(C)C. The second-order valence-electron chi connectivity index (χ2n) is 3.57. The lowest BCUT2D eigenvalue weighted by Crippen LogP contribution is -1.95. The summed E-state index contributed by atoms with van der Waals surface area (Å²) in [6, 6.07) is 0. The first kappa shape index (κ1) is 10.7. The van der Waals surface area contributed by atoms with E-state index in [4.69, 9.17) is 5.73 Å². The van der Waals surface area contributed by atoms with Crippen LogP contribution in [0.3, 0.4) is 0 Å². The molecule has 0 aromatic rings. The van der Waals surface area contributed by atoms with Gasteiger partial charge in [-0.3, -0.25) is 0 Å². The van der Waals surface area contributed by atoms with Crippen molar-refractivity contribution in [3.05, 3.63) is 11.6 Å². The normalized spacial score (nSPS) is 12.6. The first-order valence-corrected chi connectivity index (χ1v) is 4.52. The average molecular weight is 155 g/mol. The molecule has 11 heavy (non-hydrogen) atoms. The highest BCUT2D eigenvalue weighted by molar-refractivity contribution is 4.98. The summed E-state index contributed by atoms with van der Waals surface area (Å²) < 4.78 is 0. The van der Waals surface area contributed by atoms with Crippen LogP contribution in [-0.2, 0) is 0 Å². The van der Waals surface area contributed by atoms with Crippen LogP contribution >= 0.6 is 0 Å². The van der Waals surface area contributed by atoms with Crippen molar-refractivity contribution in [1.29, 1.82) is 0 Å². The zero-order valence-electron chi connectivity index (χ0n) is 8.06. The largest absolute Gasteiger partial charge is 0.327 e. The summed E-state index contributed by atoms with van der Waals surface area (Å²) in [7, 11) is 0. The molecule has 1 heteroatoms. The van der Waals surface area contributed by atoms with Crippen LogP contribution in [0.1, 0.15) is 40.0 Å². The number of rotatable bonds is 5. The van der Waals surface area contributed by atoms with Gasteiger partial charge in [0.2, 0.25) is 0 Å². The van der Waals surface area contributed by atoms with Gasteiger partial charge in [-0.15, -0.1) is 0 Å². The molecule has 0 saturated heterocycles. The van der Waals surface area contributed by atoms with Gasteiger partial charge >= 0.3 is 0 Å². The molecule has 0 aliphatic carbocycles. The predicted molar refractivity (Wildman–Crippen MR) is 51.5 cm³/mol. The van der Waals surface area contributed by atoms with Crippen molar-refractivity contribution >= 4 is 0 Å². The molecule has 0 radical (unpaired) electrons. The second-order valence-corrected chi connectivity index (χ2v) is 3.57. The molecular formula is C10H21N. The fourth-order valence-electron chi connectivity index (χ4n) is 1.09. The molecule has 0 spiro atoms. The van der Waals surface area contributed by atoms with Gasteiger partial charge in [0, 0.05) is 6.54 Å². The van der Waals surface area contributed by atoms with Gasteiger partial charge in [-0.05, 0) is 25.7 Å². The minimum absolute atomic E-state index is 0.688. The molecule has 0 aliphatic rings. The maximum Gasteiger partial charge on any atom is 0.0109 e. The van der Waals surface area contributed by atoms with Crippen molar-refractivity contribution in [3.63, 3.8) is 0 Å². The van der Waals surface area contributed by atoms with Crippen LogP contribution in [0.2, 0.25) is 0 Å². The van der Waals surface area contributed by atoms with E-state index in [2.05, 4.69) is 26.8 Å². The van der Waals surface area contributed by atoms with Crippen LogP contribution in [0.25, 0.3) is 0 Å². The Morgan fingerprint density at radius 3 is 2.55 bits per heavy atom. The molecular weight excluding hydrogens is 134 g/mol. The van der Waals surface area contributed by atoms with E-state index < -0.39 is 0 Å². The van der Waals surface area contributed by atoms with E-state index in [1.165, 1.54) is 24.8 Å². The molecule has 66 valence electrons. The Kier molecular flexibility index (Phi) is 6.24. The van der Waals surface area contributed by atoms with Gasteiger partial charge in [0.1, 0.15) is 0 Å². The first-order chi connectivity index (χ1) is 5.16. The van der Waals surface area contributed by atoms with Crippen molar-refractivity contribution < 1.29 is 0 Å². The topological polar surface area (TPSA) is 26.0 Å². The highest BCUT2D eigenvalue weighted by Crippen LogP contribution is 2.10. The summed E-state index contributed by atoms with van der Waals surface area (Å²) >= 11 is 0. The van der Waals surface area contributed by atoms with Crippen LogP contribution in [0.4, 0.5) is 0 Å². The third kappa shape index (κ3) is 7.60. The van der Waals surface area contributed by atoms with E-state index in [9.17, 15) is 0 Å². The number of hydrogen-bond donors (Lipinski definition) is 1. The molecule has 0 unspecified atom stereocenters. The third-order valence-electron chi connectivity index (χ3n) is 1.82. The van der Waals surface area contributed by atoms with E-state index in [-0.39, 0.29) is 0 Å². The molecule has 0 aromatic carbocycles. The van der Waals surface area contributed by atoms with Crippen molar-refractivity contribution in [2.75, 3.05) is 6.54 Å². The molecule has 0 amide bonds. The Morgan fingerprint density at radius 1 is 1.45 bits per heavy atom. The molecule has 0 fully saturated rings. The summed E-state index contributed by atoms with van der Waals surface area (Å²) in [4.78, 5) is 0. The second kappa shape index (κ2) is 6.41. The van der Waals surface area contributed by atoms with Crippen LogP contribution in [0.15, 0.2) is 11.6 Å². The maximum absolute atomic E-state index is 5.38. The minimum atomic E-state index is 0.688. The predicted octanol–water partition coefficient (Wildman–Crippen LogP) is 2.72. The summed E-state index contributed by atoms with van der Waals surface area (Å²) in [5.41, 5.74) is 6.82. The van der Waals surface area contributed by atoms with Gasteiger partial charge in [0.25, 0.3) is 0 Å². The Labute approximate surface area is 70.7 Å². The van der Waals surface area contributed by atoms with Crippen LogP contribution < -0.4 is 5.73 Å². The maximum atomic E-state index is 5.38. The van der Waals surface area contributed by atoms with E-state index in [0.717, 1.165) is 5.92 Å². The quantitative estimate of drug-likeness (QED) is 0.607. The van der Waals surface area contributed by atoms with Gasteiger partial charge in [0.15, 0.2) is 0 Å². The van der Waals surface area contributed by atoms with Gasteiger partial charge in [-0.1, -0.05) is 31.9 Å². The zero-order chi connectivity index (χ0) is 8.69. The zero-order valence-corrected chi connectivity index (χ0v) is 8.06. The molecule has 0 bridgehead atoms. The van der Waals surface area contributed by atoms with E-state index in [0.29, 0.717) is 6.54 Å². The van der Waals surface area contributed by atoms with Crippen molar-refractivity contribution in [2.45, 2.75) is 40.0 Å². The fourth-order valence-corrected chi connectivity index (χ4v) is 1.09. The lowest BCUT2D eigenvalue weighted by atomic mass is 10.0. The molecule has 0 atom stereocenters. The first-order valence-electron chi connectivity index (χ1n) is 4.52. The minimum Gasteiger partial charge on any atom is -0.327 e. The van der Waals surface area contributed by atoms with E-state index in [1.807, 2.05) is 0 Å². The van der Waals surface area contributed by atoms with Gasteiger partial charge < -0.3 is 5.73 Å². The molecule has 2 N–H and O–H groups in total. The fraction of sp³-hybridized carbons (Fsp3) is 0.800. The van der Waals surface area contributed by atoms with Crippen LogP contribution in [-0.4, -0.2) is 6.54 Å². The highest BCUT2D eigenvalue weighted by Gasteiger charge is 1.94. The average Bonchev–Trinajstić information content (AvgIpc) is 1.87. The summed E-state index contributed by atoms with van der Waals surface area (Å²) in [6.07, 6.45) is 5.96. The highest BCUT2D eigenvalue weighted by atomic mass is 14.5. The van der Waals surface area contributed by atoms with Crippen molar-refractivity contribution in [3.8, 4) is 0 Å². The summed E-state index contributed by atoms with van der Waals surface area (Å²) in [5, 5.41) is 0. The van der Waals surface area contributed by atoms with E-state index in [1.54, 1.807) is 0 Å². The Bertz CT molecular complexity index is 114. The van der Waals surface area contributed by atoms with Gasteiger partial charge in [-0.25, -0.2) is 0 Å². The number of hydrogen-bond acceptors (Lipinski definition) is 1. The van der Waals surface area contributed by atoms with Gasteiger partial charge in [0.05, 0.1) is 0 Å². The Hall–Kier alpha value is -0.300. The Balaban J connectivity index is 3.31. The number of allylic oxidation sites excluding steroid dienone is 1. The molecule has 0 heterocycles. The standard InChI is InChI=1S/C10H21N/c1-9(2)5-4-6-10(3)7-8-11/h7,9H,4-6,8,11H2,1-3H3/b10-7+. The molecule has 0 saturated carbocycles. The molecule has 0 aliphatic heterocycles. The summed E-state index contributed by atoms with van der Waals surface area (Å²) in [6.45, 7) is 7.38.